The van der Waals surface area contributed by atoms with Crippen LogP contribution in [0.2, 0.25) is 0 Å². The van der Waals surface area contributed by atoms with E-state index in [9.17, 15) is 0 Å². The molecule has 1 aliphatic heterocycles. The fraction of sp³-hybridized carbons (Fsp3) is 0.632. The molecule has 1 aromatic rings. The summed E-state index contributed by atoms with van der Waals surface area (Å²) in [5.74, 6) is 1.83. The fourth-order valence-electron chi connectivity index (χ4n) is 3.54. The Morgan fingerprint density at radius 3 is 2.52 bits per heavy atom. The number of aryl methyl sites for hydroxylation is 1. The highest BCUT2D eigenvalue weighted by atomic mass is 16.5. The third-order valence-electron chi connectivity index (χ3n) is 4.72. The summed E-state index contributed by atoms with van der Waals surface area (Å²) < 4.78 is 8.40. The van der Waals surface area contributed by atoms with E-state index in [4.69, 9.17) is 4.74 Å². The van der Waals surface area contributed by atoms with Gasteiger partial charge in [-0.25, -0.2) is 0 Å². The second kappa shape index (κ2) is 5.47. The molecule has 0 N–H and O–H groups in total. The average molecular weight is 286 g/mol. The smallest absolute Gasteiger partial charge is 0.292 e. The Morgan fingerprint density at radius 2 is 1.86 bits per heavy atom. The van der Waals surface area contributed by atoms with Crippen LogP contribution >= 0.6 is 0 Å². The van der Waals surface area contributed by atoms with Gasteiger partial charge >= 0.3 is 0 Å². The Kier molecular flexibility index (Phi) is 3.81. The van der Waals surface area contributed by atoms with Crippen molar-refractivity contribution in [2.45, 2.75) is 65.2 Å². The minimum Gasteiger partial charge on any atom is -0.429 e. The molecule has 0 saturated heterocycles. The van der Waals surface area contributed by atoms with Crippen LogP contribution in [-0.2, 0) is 5.41 Å². The van der Waals surface area contributed by atoms with Gasteiger partial charge in [0.2, 0.25) is 5.75 Å². The van der Waals surface area contributed by atoms with Gasteiger partial charge in [-0.1, -0.05) is 46.1 Å². The van der Waals surface area contributed by atoms with Crippen molar-refractivity contribution < 1.29 is 9.31 Å². The van der Waals surface area contributed by atoms with Crippen molar-refractivity contribution in [1.29, 1.82) is 0 Å². The summed E-state index contributed by atoms with van der Waals surface area (Å²) >= 11 is 0. The first kappa shape index (κ1) is 14.6. The first-order valence-electron chi connectivity index (χ1n) is 8.35. The van der Waals surface area contributed by atoms with Crippen molar-refractivity contribution >= 4 is 11.9 Å². The van der Waals surface area contributed by atoms with E-state index >= 15 is 0 Å². The summed E-state index contributed by atoms with van der Waals surface area (Å²) in [5.41, 5.74) is 4.05. The molecule has 0 unspecified atom stereocenters. The van der Waals surface area contributed by atoms with Gasteiger partial charge in [0.05, 0.1) is 0 Å². The number of hydrogen-bond donors (Lipinski definition) is 0. The van der Waals surface area contributed by atoms with Crippen molar-refractivity contribution in [2.75, 3.05) is 6.73 Å². The van der Waals surface area contributed by atoms with Crippen LogP contribution in [0.25, 0.3) is 0 Å². The summed E-state index contributed by atoms with van der Waals surface area (Å²) in [6, 6.07) is 4.56. The minimum absolute atomic E-state index is 0.122. The molecule has 1 saturated carbocycles. The maximum Gasteiger partial charge on any atom is 0.292 e. The van der Waals surface area contributed by atoms with E-state index in [1.165, 1.54) is 48.9 Å². The molecule has 0 bridgehead atoms. The Labute approximate surface area is 128 Å². The first-order chi connectivity index (χ1) is 9.95. The molecular formula is C19H28NO+. The van der Waals surface area contributed by atoms with Crippen LogP contribution in [0.4, 0.5) is 5.69 Å². The zero-order chi connectivity index (χ0) is 15.0. The van der Waals surface area contributed by atoms with Gasteiger partial charge in [0, 0.05) is 17.5 Å². The fourth-order valence-corrected chi connectivity index (χ4v) is 3.54. The summed E-state index contributed by atoms with van der Waals surface area (Å²) in [6.45, 7) is 9.65. The normalized spacial score (nSPS) is 21.4. The van der Waals surface area contributed by atoms with E-state index < -0.39 is 0 Å². The summed E-state index contributed by atoms with van der Waals surface area (Å²) in [5, 5.41) is 0. The van der Waals surface area contributed by atoms with Crippen molar-refractivity contribution in [1.82, 2.24) is 0 Å². The van der Waals surface area contributed by atoms with Gasteiger partial charge in [-0.2, -0.15) is 4.58 Å². The largest absolute Gasteiger partial charge is 0.429 e. The molecule has 2 nitrogen and oxygen atoms in total. The molecule has 0 amide bonds. The predicted molar refractivity (Wildman–Crippen MR) is 87.9 cm³/mol. The lowest BCUT2D eigenvalue weighted by atomic mass is 9.85. The third-order valence-corrected chi connectivity index (χ3v) is 4.72. The third kappa shape index (κ3) is 3.00. The van der Waals surface area contributed by atoms with Crippen LogP contribution < -0.4 is 4.74 Å². The van der Waals surface area contributed by atoms with Crippen LogP contribution in [0.3, 0.4) is 0 Å². The van der Waals surface area contributed by atoms with Gasteiger partial charge in [-0.15, -0.1) is 0 Å². The van der Waals surface area contributed by atoms with Crippen LogP contribution in [0, 0.1) is 12.8 Å². The molecule has 21 heavy (non-hydrogen) atoms. The van der Waals surface area contributed by atoms with Gasteiger partial charge in [-0.05, 0) is 30.7 Å². The molecule has 1 aliphatic carbocycles. The molecule has 2 aliphatic rings. The molecule has 1 heterocycles. The van der Waals surface area contributed by atoms with Crippen molar-refractivity contribution in [3.8, 4) is 5.75 Å². The summed E-state index contributed by atoms with van der Waals surface area (Å²) in [7, 11) is 0. The van der Waals surface area contributed by atoms with Gasteiger partial charge in [-0.3, -0.25) is 0 Å². The number of rotatable bonds is 1. The van der Waals surface area contributed by atoms with Crippen molar-refractivity contribution in [3.63, 3.8) is 0 Å². The maximum atomic E-state index is 6.06. The number of fused-ring (bicyclic) bond motifs is 1. The Morgan fingerprint density at radius 1 is 1.14 bits per heavy atom. The van der Waals surface area contributed by atoms with Gasteiger partial charge in [0.1, 0.15) is 0 Å². The zero-order valence-corrected chi connectivity index (χ0v) is 13.9. The number of ether oxygens (including phenoxy) is 1. The first-order valence-corrected chi connectivity index (χ1v) is 8.35. The van der Waals surface area contributed by atoms with Gasteiger partial charge < -0.3 is 4.74 Å². The highest BCUT2D eigenvalue weighted by Gasteiger charge is 2.33. The van der Waals surface area contributed by atoms with E-state index in [2.05, 4.69) is 50.6 Å². The van der Waals surface area contributed by atoms with Crippen molar-refractivity contribution in [3.05, 3.63) is 23.3 Å². The van der Waals surface area contributed by atoms with Crippen LogP contribution in [0.15, 0.2) is 12.1 Å². The molecular weight excluding hydrogens is 258 g/mol. The minimum atomic E-state index is 0.122. The molecule has 114 valence electrons. The lowest BCUT2D eigenvalue weighted by Crippen LogP contribution is -2.15. The van der Waals surface area contributed by atoms with E-state index in [1.54, 1.807) is 0 Å². The molecule has 0 atom stereocenters. The van der Waals surface area contributed by atoms with Crippen LogP contribution in [-0.4, -0.2) is 17.5 Å². The molecule has 3 rings (SSSR count). The number of benzene rings is 1. The van der Waals surface area contributed by atoms with Crippen LogP contribution in [0.1, 0.15) is 64.0 Å². The topological polar surface area (TPSA) is 12.2 Å². The van der Waals surface area contributed by atoms with Gasteiger partial charge in [0.25, 0.3) is 12.4 Å². The summed E-state index contributed by atoms with van der Waals surface area (Å²) in [6.07, 6.45) is 9.27. The van der Waals surface area contributed by atoms with E-state index in [-0.39, 0.29) is 5.41 Å². The zero-order valence-electron chi connectivity index (χ0n) is 13.9. The second-order valence-electron chi connectivity index (χ2n) is 7.70. The Bertz CT molecular complexity index is 560. The highest BCUT2D eigenvalue weighted by molar-refractivity contribution is 5.63. The van der Waals surface area contributed by atoms with Crippen molar-refractivity contribution in [2.24, 2.45) is 5.92 Å². The molecule has 1 aromatic carbocycles. The monoisotopic (exact) mass is 286 g/mol. The molecule has 0 aromatic heterocycles. The quantitative estimate of drug-likeness (QED) is 0.666. The van der Waals surface area contributed by atoms with E-state index in [1.807, 2.05) is 0 Å². The predicted octanol–water partition coefficient (Wildman–Crippen LogP) is 4.94. The maximum absolute atomic E-state index is 6.06. The lowest BCUT2D eigenvalue weighted by Gasteiger charge is -2.20. The Hall–Kier alpha value is -1.31. The molecule has 2 heteroatoms. The standard InChI is InChI=1S/C19H28NO/c1-14-10-16(19(2,3)4)18-17(11-14)20(13-21-18)12-15-8-6-5-7-9-15/h10-12,15H,5-9,13H2,1-4H3/q+1/b20-12-. The molecule has 0 radical (unpaired) electrons. The van der Waals surface area contributed by atoms with Crippen LogP contribution in [0.5, 0.6) is 5.75 Å². The molecule has 0 spiro atoms. The number of nitrogens with zero attached hydrogens (tertiary/aromatic N) is 1. The average Bonchev–Trinajstić information content (AvgIpc) is 2.81. The van der Waals surface area contributed by atoms with E-state index in [0.717, 1.165) is 11.7 Å². The van der Waals surface area contributed by atoms with E-state index in [0.29, 0.717) is 6.73 Å². The van der Waals surface area contributed by atoms with Gasteiger partial charge in [0.15, 0.2) is 6.21 Å². The SMILES string of the molecule is Cc1cc2c(c(C(C)(C)C)c1)OC/[N+]2=C/C1CCCCC1. The second-order valence-corrected chi connectivity index (χ2v) is 7.70. The highest BCUT2D eigenvalue weighted by Crippen LogP contribution is 2.42. The number of hydrogen-bond acceptors (Lipinski definition) is 1. The molecule has 1 fully saturated rings. The lowest BCUT2D eigenvalue weighted by molar-refractivity contribution is -0.455. The Balaban J connectivity index is 1.98. The summed E-state index contributed by atoms with van der Waals surface area (Å²) in [4.78, 5) is 0.